The highest BCUT2D eigenvalue weighted by atomic mass is 16.4. The molecule has 1 heterocycles. The van der Waals surface area contributed by atoms with Gasteiger partial charge in [0.15, 0.2) is 0 Å². The van der Waals surface area contributed by atoms with Crippen molar-refractivity contribution in [2.24, 2.45) is 0 Å². The number of benzene rings is 1. The van der Waals surface area contributed by atoms with Crippen LogP contribution in [-0.2, 0) is 11.2 Å². The van der Waals surface area contributed by atoms with Gasteiger partial charge in [-0.15, -0.1) is 0 Å². The van der Waals surface area contributed by atoms with Crippen LogP contribution in [0.2, 0.25) is 0 Å². The molecule has 5 heteroatoms. The summed E-state index contributed by atoms with van der Waals surface area (Å²) in [7, 11) is 1.85. The first-order valence-electron chi connectivity index (χ1n) is 5.62. The highest BCUT2D eigenvalue weighted by Gasteiger charge is 2.11. The smallest absolute Gasteiger partial charge is 0.303 e. The van der Waals surface area contributed by atoms with Gasteiger partial charge in [0, 0.05) is 19.2 Å². The Balaban J connectivity index is 2.08. The molecule has 0 saturated heterocycles. The summed E-state index contributed by atoms with van der Waals surface area (Å²) in [6.07, 6.45) is 1.93. The van der Waals surface area contributed by atoms with Crippen molar-refractivity contribution in [3.63, 3.8) is 0 Å². The minimum atomic E-state index is -0.837. The van der Waals surface area contributed by atoms with E-state index in [2.05, 4.69) is 4.98 Å². The Hall–Kier alpha value is -2.30. The highest BCUT2D eigenvalue weighted by Crippen LogP contribution is 2.22. The van der Waals surface area contributed by atoms with E-state index >= 15 is 0 Å². The van der Waals surface area contributed by atoms with Crippen LogP contribution in [0.3, 0.4) is 0 Å². The molecule has 0 atom stereocenters. The van der Waals surface area contributed by atoms with Crippen LogP contribution in [0.25, 0.3) is 0 Å². The van der Waals surface area contributed by atoms with Crippen molar-refractivity contribution in [1.82, 2.24) is 4.98 Å². The Bertz CT molecular complexity index is 522. The molecule has 18 heavy (non-hydrogen) atoms. The summed E-state index contributed by atoms with van der Waals surface area (Å²) in [6.45, 7) is 0. The third kappa shape index (κ3) is 2.88. The molecular weight excluding hydrogens is 232 g/mol. The molecule has 0 radical (unpaired) electrons. The summed E-state index contributed by atoms with van der Waals surface area (Å²) in [5, 5.41) is 8.60. The van der Waals surface area contributed by atoms with E-state index in [9.17, 15) is 4.79 Å². The van der Waals surface area contributed by atoms with Crippen LogP contribution in [0, 0.1) is 0 Å². The van der Waals surface area contributed by atoms with Gasteiger partial charge in [-0.3, -0.25) is 9.69 Å². The first-order chi connectivity index (χ1) is 8.66. The normalized spacial score (nSPS) is 10.3. The van der Waals surface area contributed by atoms with Crippen LogP contribution >= 0.6 is 0 Å². The minimum absolute atomic E-state index is 0.0566. The van der Waals surface area contributed by atoms with Gasteiger partial charge < -0.3 is 9.52 Å². The fraction of sp³-hybridized carbons (Fsp3) is 0.231. The number of carboxylic acid groups (broad SMARTS) is 1. The van der Waals surface area contributed by atoms with Gasteiger partial charge in [-0.2, -0.15) is 4.98 Å². The molecule has 0 unspecified atom stereocenters. The Labute approximate surface area is 105 Å². The molecule has 1 aromatic carbocycles. The number of aryl methyl sites for hydroxylation is 1. The molecule has 0 aliphatic rings. The molecule has 1 aromatic heterocycles. The Morgan fingerprint density at radius 3 is 2.78 bits per heavy atom. The molecule has 0 aliphatic carbocycles. The molecule has 0 spiro atoms. The molecule has 2 rings (SSSR count). The predicted octanol–water partition coefficient (Wildman–Crippen LogP) is 2.46. The number of aliphatic carboxylic acids is 1. The molecule has 94 valence electrons. The molecule has 1 N–H and O–H groups in total. The van der Waals surface area contributed by atoms with Gasteiger partial charge in [0.1, 0.15) is 6.26 Å². The monoisotopic (exact) mass is 246 g/mol. The van der Waals surface area contributed by atoms with Gasteiger partial charge in [0.05, 0.1) is 12.1 Å². The van der Waals surface area contributed by atoms with E-state index in [0.717, 1.165) is 5.69 Å². The van der Waals surface area contributed by atoms with Crippen molar-refractivity contribution in [2.45, 2.75) is 12.8 Å². The van der Waals surface area contributed by atoms with Crippen molar-refractivity contribution >= 4 is 17.7 Å². The lowest BCUT2D eigenvalue weighted by molar-refractivity contribution is -0.136. The molecule has 0 aliphatic heterocycles. The number of nitrogens with zero attached hydrogens (tertiary/aromatic N) is 2. The molecule has 2 aromatic rings. The van der Waals surface area contributed by atoms with E-state index < -0.39 is 5.97 Å². The van der Waals surface area contributed by atoms with Crippen LogP contribution in [0.4, 0.5) is 11.7 Å². The Morgan fingerprint density at radius 2 is 2.11 bits per heavy atom. The quantitative estimate of drug-likeness (QED) is 0.877. The van der Waals surface area contributed by atoms with Crippen molar-refractivity contribution in [2.75, 3.05) is 11.9 Å². The van der Waals surface area contributed by atoms with Crippen LogP contribution in [-0.4, -0.2) is 23.1 Å². The summed E-state index contributed by atoms with van der Waals surface area (Å²) in [5.74, 6) is -0.837. The van der Waals surface area contributed by atoms with E-state index in [0.29, 0.717) is 18.1 Å². The number of carbonyl (C=O) groups is 1. The second-order valence-corrected chi connectivity index (χ2v) is 3.91. The minimum Gasteiger partial charge on any atom is -0.481 e. The number of hydrogen-bond acceptors (Lipinski definition) is 4. The lowest BCUT2D eigenvalue weighted by atomic mass is 10.2. The molecule has 0 amide bonds. The van der Waals surface area contributed by atoms with E-state index in [1.165, 1.54) is 6.26 Å². The number of oxazole rings is 1. The van der Waals surface area contributed by atoms with Crippen LogP contribution in [0.5, 0.6) is 0 Å². The predicted molar refractivity (Wildman–Crippen MR) is 67.0 cm³/mol. The summed E-state index contributed by atoms with van der Waals surface area (Å²) in [5.41, 5.74) is 1.61. The first-order valence-corrected chi connectivity index (χ1v) is 5.62. The maximum Gasteiger partial charge on any atom is 0.303 e. The summed E-state index contributed by atoms with van der Waals surface area (Å²) < 4.78 is 5.34. The van der Waals surface area contributed by atoms with Crippen molar-refractivity contribution in [3.05, 3.63) is 42.3 Å². The van der Waals surface area contributed by atoms with Crippen molar-refractivity contribution in [1.29, 1.82) is 0 Å². The number of anilines is 2. The summed E-state index contributed by atoms with van der Waals surface area (Å²) >= 11 is 0. The highest BCUT2D eigenvalue weighted by molar-refractivity contribution is 5.67. The summed E-state index contributed by atoms with van der Waals surface area (Å²) in [6, 6.07) is 10.1. The summed E-state index contributed by atoms with van der Waals surface area (Å²) in [4.78, 5) is 16.5. The number of hydrogen-bond donors (Lipinski definition) is 1. The fourth-order valence-corrected chi connectivity index (χ4v) is 1.56. The number of para-hydroxylation sites is 1. The van der Waals surface area contributed by atoms with Crippen LogP contribution in [0.15, 0.2) is 41.0 Å². The van der Waals surface area contributed by atoms with Gasteiger partial charge in [-0.05, 0) is 12.1 Å². The lowest BCUT2D eigenvalue weighted by Crippen LogP contribution is -2.09. The van der Waals surface area contributed by atoms with Gasteiger partial charge in [0.25, 0.3) is 0 Å². The van der Waals surface area contributed by atoms with E-state index in [-0.39, 0.29) is 6.42 Å². The zero-order valence-corrected chi connectivity index (χ0v) is 10.0. The molecule has 0 saturated carbocycles. The number of aromatic nitrogens is 1. The van der Waals surface area contributed by atoms with Gasteiger partial charge in [-0.25, -0.2) is 0 Å². The van der Waals surface area contributed by atoms with Gasteiger partial charge in [-0.1, -0.05) is 18.2 Å². The third-order valence-corrected chi connectivity index (χ3v) is 2.57. The number of rotatable bonds is 5. The van der Waals surface area contributed by atoms with E-state index in [1.807, 2.05) is 42.3 Å². The molecule has 0 bridgehead atoms. The van der Waals surface area contributed by atoms with Crippen molar-refractivity contribution < 1.29 is 14.3 Å². The van der Waals surface area contributed by atoms with Gasteiger partial charge >= 0.3 is 12.0 Å². The molecular formula is C13H14N2O3. The lowest BCUT2D eigenvalue weighted by Gasteiger charge is -2.13. The first kappa shape index (κ1) is 12.2. The van der Waals surface area contributed by atoms with E-state index in [4.69, 9.17) is 9.52 Å². The maximum absolute atomic E-state index is 10.5. The largest absolute Gasteiger partial charge is 0.481 e. The molecule has 0 fully saturated rings. The molecule has 5 nitrogen and oxygen atoms in total. The zero-order chi connectivity index (χ0) is 13.0. The second-order valence-electron chi connectivity index (χ2n) is 3.91. The van der Waals surface area contributed by atoms with Crippen molar-refractivity contribution in [3.8, 4) is 0 Å². The van der Waals surface area contributed by atoms with Crippen LogP contribution in [0.1, 0.15) is 12.1 Å². The SMILES string of the molecule is CN(c1ccccc1)c1nc(CCC(=O)O)co1. The number of carboxylic acids is 1. The second kappa shape index (κ2) is 5.35. The zero-order valence-electron chi connectivity index (χ0n) is 10.0. The topological polar surface area (TPSA) is 66.6 Å². The fourth-order valence-electron chi connectivity index (χ4n) is 1.56. The third-order valence-electron chi connectivity index (χ3n) is 2.57. The van der Waals surface area contributed by atoms with Crippen LogP contribution < -0.4 is 4.90 Å². The van der Waals surface area contributed by atoms with E-state index in [1.54, 1.807) is 0 Å². The van der Waals surface area contributed by atoms with Gasteiger partial charge in [0.2, 0.25) is 0 Å². The Morgan fingerprint density at radius 1 is 1.39 bits per heavy atom. The Kier molecular flexibility index (Phi) is 3.62. The maximum atomic E-state index is 10.5. The average molecular weight is 246 g/mol. The average Bonchev–Trinajstić information content (AvgIpc) is 2.85. The standard InChI is InChI=1S/C13H14N2O3/c1-15(11-5-3-2-4-6-11)13-14-10(9-18-13)7-8-12(16)17/h2-6,9H,7-8H2,1H3,(H,16,17).